The normalized spacial score (nSPS) is 11.0. The second kappa shape index (κ2) is 6.00. The molecule has 2 aromatic heterocycles. The van der Waals surface area contributed by atoms with E-state index in [0.717, 1.165) is 22.3 Å². The highest BCUT2D eigenvalue weighted by Gasteiger charge is 2.19. The highest BCUT2D eigenvalue weighted by molar-refractivity contribution is 6.05. The first-order valence-electron chi connectivity index (χ1n) is 7.76. The molecule has 5 nitrogen and oxygen atoms in total. The number of para-hydroxylation sites is 1. The van der Waals surface area contributed by atoms with Crippen LogP contribution in [-0.4, -0.2) is 28.0 Å². The van der Waals surface area contributed by atoms with Gasteiger partial charge in [-0.2, -0.15) is 0 Å². The van der Waals surface area contributed by atoms with Crippen LogP contribution in [0, 0.1) is 13.8 Å². The van der Waals surface area contributed by atoms with E-state index in [1.54, 1.807) is 6.20 Å². The van der Waals surface area contributed by atoms with Crippen molar-refractivity contribution in [1.82, 2.24) is 9.13 Å². The smallest absolute Gasteiger partial charge is 0.340 e. The lowest BCUT2D eigenvalue weighted by atomic mass is 10.1. The number of carbonyl (C=O) groups excluding carboxylic acids is 2. The van der Waals surface area contributed by atoms with E-state index in [1.165, 1.54) is 7.11 Å². The van der Waals surface area contributed by atoms with Crippen molar-refractivity contribution in [1.29, 1.82) is 0 Å². The zero-order valence-electron chi connectivity index (χ0n) is 14.3. The van der Waals surface area contributed by atoms with Gasteiger partial charge in [0.25, 0.3) is 0 Å². The van der Waals surface area contributed by atoms with Crippen LogP contribution in [0.1, 0.15) is 32.1 Å². The molecule has 0 saturated carbocycles. The first kappa shape index (κ1) is 16.1. The van der Waals surface area contributed by atoms with Crippen LogP contribution in [0.3, 0.4) is 0 Å². The standard InChI is InChI=1S/C19H20N2O3/c1-12-9-15(13(2)20(12)3)18(22)11-21-10-16(19(23)24-4)14-7-5-6-8-17(14)21/h5-10H,11H2,1-4H3. The van der Waals surface area contributed by atoms with Crippen molar-refractivity contribution < 1.29 is 14.3 Å². The third kappa shape index (κ3) is 2.52. The molecule has 3 aromatic rings. The van der Waals surface area contributed by atoms with Gasteiger partial charge >= 0.3 is 5.97 Å². The molecule has 0 bridgehead atoms. The minimum absolute atomic E-state index is 0.0216. The van der Waals surface area contributed by atoms with E-state index >= 15 is 0 Å². The lowest BCUT2D eigenvalue weighted by Crippen LogP contribution is -2.11. The SMILES string of the molecule is COC(=O)c1cn(CC(=O)c2cc(C)n(C)c2C)c2ccccc12. The van der Waals surface area contributed by atoms with Crippen LogP contribution in [0.5, 0.6) is 0 Å². The molecule has 0 aliphatic rings. The number of aromatic nitrogens is 2. The number of rotatable bonds is 4. The minimum atomic E-state index is -0.399. The molecule has 2 heterocycles. The van der Waals surface area contributed by atoms with Gasteiger partial charge in [-0.25, -0.2) is 4.79 Å². The Kier molecular flexibility index (Phi) is 4.01. The molecular weight excluding hydrogens is 304 g/mol. The van der Waals surface area contributed by atoms with Gasteiger partial charge in [-0.05, 0) is 26.0 Å². The number of hydrogen-bond acceptors (Lipinski definition) is 3. The predicted molar refractivity (Wildman–Crippen MR) is 92.5 cm³/mol. The second-order valence-corrected chi connectivity index (χ2v) is 5.95. The van der Waals surface area contributed by atoms with E-state index in [9.17, 15) is 9.59 Å². The summed E-state index contributed by atoms with van der Waals surface area (Å²) >= 11 is 0. The minimum Gasteiger partial charge on any atom is -0.465 e. The van der Waals surface area contributed by atoms with Crippen molar-refractivity contribution in [3.05, 3.63) is 59.0 Å². The second-order valence-electron chi connectivity index (χ2n) is 5.95. The number of esters is 1. The fourth-order valence-corrected chi connectivity index (χ4v) is 3.03. The lowest BCUT2D eigenvalue weighted by Gasteiger charge is -2.05. The summed E-state index contributed by atoms with van der Waals surface area (Å²) in [7, 11) is 3.30. The molecule has 0 saturated heterocycles. The maximum Gasteiger partial charge on any atom is 0.340 e. The van der Waals surface area contributed by atoms with Gasteiger partial charge in [0, 0.05) is 41.1 Å². The number of carbonyl (C=O) groups is 2. The summed E-state index contributed by atoms with van der Waals surface area (Å²) in [6.07, 6.45) is 1.69. The van der Waals surface area contributed by atoms with Gasteiger partial charge in [-0.1, -0.05) is 18.2 Å². The molecule has 0 spiro atoms. The molecule has 0 amide bonds. The summed E-state index contributed by atoms with van der Waals surface area (Å²) in [5.41, 5.74) is 4.02. The molecule has 0 radical (unpaired) electrons. The van der Waals surface area contributed by atoms with E-state index in [2.05, 4.69) is 0 Å². The molecule has 24 heavy (non-hydrogen) atoms. The first-order valence-corrected chi connectivity index (χ1v) is 7.76. The lowest BCUT2D eigenvalue weighted by molar-refractivity contribution is 0.0602. The van der Waals surface area contributed by atoms with Crippen molar-refractivity contribution >= 4 is 22.7 Å². The van der Waals surface area contributed by atoms with E-state index in [0.29, 0.717) is 11.1 Å². The van der Waals surface area contributed by atoms with E-state index in [4.69, 9.17) is 4.74 Å². The Labute approximate surface area is 140 Å². The van der Waals surface area contributed by atoms with Crippen LogP contribution in [0.25, 0.3) is 10.9 Å². The Hall–Kier alpha value is -2.82. The number of aryl methyl sites for hydroxylation is 1. The number of nitrogens with zero attached hydrogens (tertiary/aromatic N) is 2. The van der Waals surface area contributed by atoms with E-state index < -0.39 is 5.97 Å². The average Bonchev–Trinajstić information content (AvgIpc) is 3.07. The van der Waals surface area contributed by atoms with Crippen molar-refractivity contribution in [2.24, 2.45) is 7.05 Å². The Morgan fingerprint density at radius 1 is 1.12 bits per heavy atom. The molecule has 0 aliphatic heterocycles. The van der Waals surface area contributed by atoms with Gasteiger partial charge in [-0.15, -0.1) is 0 Å². The number of hydrogen-bond donors (Lipinski definition) is 0. The first-order chi connectivity index (χ1) is 11.4. The maximum absolute atomic E-state index is 12.7. The van der Waals surface area contributed by atoms with Crippen molar-refractivity contribution in [3.8, 4) is 0 Å². The molecule has 1 aromatic carbocycles. The zero-order valence-corrected chi connectivity index (χ0v) is 14.3. The average molecular weight is 324 g/mol. The molecular formula is C19H20N2O3. The highest BCUT2D eigenvalue weighted by atomic mass is 16.5. The van der Waals surface area contributed by atoms with Crippen LogP contribution in [0.4, 0.5) is 0 Å². The number of methoxy groups -OCH3 is 1. The fraction of sp³-hybridized carbons (Fsp3) is 0.263. The quantitative estimate of drug-likeness (QED) is 0.547. The van der Waals surface area contributed by atoms with Gasteiger partial charge in [-0.3, -0.25) is 4.79 Å². The number of fused-ring (bicyclic) bond motifs is 1. The number of Topliss-reactive ketones (excluding diaryl/α,β-unsaturated/α-hetero) is 1. The maximum atomic E-state index is 12.7. The largest absolute Gasteiger partial charge is 0.465 e. The third-order valence-electron chi connectivity index (χ3n) is 4.58. The summed E-state index contributed by atoms with van der Waals surface area (Å²) in [6.45, 7) is 4.10. The highest BCUT2D eigenvalue weighted by Crippen LogP contribution is 2.23. The van der Waals surface area contributed by atoms with Gasteiger partial charge in [0.2, 0.25) is 0 Å². The monoisotopic (exact) mass is 324 g/mol. The van der Waals surface area contributed by atoms with Crippen molar-refractivity contribution in [2.45, 2.75) is 20.4 Å². The Bertz CT molecular complexity index is 947. The van der Waals surface area contributed by atoms with Gasteiger partial charge in [0.15, 0.2) is 5.78 Å². The summed E-state index contributed by atoms with van der Waals surface area (Å²) in [4.78, 5) is 24.7. The van der Waals surface area contributed by atoms with Crippen LogP contribution in [0.15, 0.2) is 36.5 Å². The van der Waals surface area contributed by atoms with Gasteiger partial charge in [0.05, 0.1) is 19.2 Å². The topological polar surface area (TPSA) is 53.2 Å². The van der Waals surface area contributed by atoms with Gasteiger partial charge in [0.1, 0.15) is 0 Å². The zero-order chi connectivity index (χ0) is 17.4. The van der Waals surface area contributed by atoms with Crippen molar-refractivity contribution in [3.63, 3.8) is 0 Å². The van der Waals surface area contributed by atoms with Crippen molar-refractivity contribution in [2.75, 3.05) is 7.11 Å². The third-order valence-corrected chi connectivity index (χ3v) is 4.58. The van der Waals surface area contributed by atoms with E-state index in [1.807, 2.05) is 60.4 Å². The van der Waals surface area contributed by atoms with Crippen LogP contribution in [-0.2, 0) is 18.3 Å². The van der Waals surface area contributed by atoms with Crippen LogP contribution in [0.2, 0.25) is 0 Å². The predicted octanol–water partition coefficient (Wildman–Crippen LogP) is 3.27. The molecule has 0 N–H and O–H groups in total. The molecule has 5 heteroatoms. The summed E-state index contributed by atoms with van der Waals surface area (Å²) < 4.78 is 8.66. The molecule has 3 rings (SSSR count). The Morgan fingerprint density at radius 3 is 2.46 bits per heavy atom. The Morgan fingerprint density at radius 2 is 1.83 bits per heavy atom. The summed E-state index contributed by atoms with van der Waals surface area (Å²) in [6, 6.07) is 9.43. The summed E-state index contributed by atoms with van der Waals surface area (Å²) in [5.74, 6) is -0.377. The molecule has 0 aliphatic carbocycles. The molecule has 0 atom stereocenters. The number of ether oxygens (including phenoxy) is 1. The number of ketones is 1. The molecule has 0 unspecified atom stereocenters. The molecule has 124 valence electrons. The fourth-order valence-electron chi connectivity index (χ4n) is 3.03. The van der Waals surface area contributed by atoms with E-state index in [-0.39, 0.29) is 12.3 Å². The number of benzene rings is 1. The Balaban J connectivity index is 2.02. The van der Waals surface area contributed by atoms with Crippen LogP contribution < -0.4 is 0 Å². The molecule has 0 fully saturated rings. The summed E-state index contributed by atoms with van der Waals surface area (Å²) in [5, 5.41) is 0.790. The van der Waals surface area contributed by atoms with Gasteiger partial charge < -0.3 is 13.9 Å². The van der Waals surface area contributed by atoms with Crippen LogP contribution >= 0.6 is 0 Å².